The summed E-state index contributed by atoms with van der Waals surface area (Å²) in [5.74, 6) is 0. The predicted octanol–water partition coefficient (Wildman–Crippen LogP) is 4.61. The zero-order valence-corrected chi connectivity index (χ0v) is 12.0. The lowest BCUT2D eigenvalue weighted by Gasteiger charge is -2.18. The maximum absolute atomic E-state index is 5.91. The van der Waals surface area contributed by atoms with Crippen molar-refractivity contribution in [1.82, 2.24) is 5.32 Å². The number of allylic oxidation sites excluding steroid dienone is 1. The molecule has 1 unspecified atom stereocenters. The minimum Gasteiger partial charge on any atom is -0.314 e. The van der Waals surface area contributed by atoms with Gasteiger partial charge in [-0.2, -0.15) is 0 Å². The Morgan fingerprint density at radius 2 is 2.06 bits per heavy atom. The van der Waals surface area contributed by atoms with Crippen LogP contribution in [0.15, 0.2) is 36.9 Å². The summed E-state index contributed by atoms with van der Waals surface area (Å²) in [6, 6.07) is 8.74. The van der Waals surface area contributed by atoms with Gasteiger partial charge in [-0.15, -0.1) is 6.58 Å². The topological polar surface area (TPSA) is 12.0 Å². The minimum atomic E-state index is 0.561. The van der Waals surface area contributed by atoms with Crippen molar-refractivity contribution < 1.29 is 0 Å². The Bertz CT molecular complexity index is 331. The number of halogens is 1. The molecule has 0 heterocycles. The molecule has 0 amide bonds. The van der Waals surface area contributed by atoms with Gasteiger partial charge in [0, 0.05) is 11.1 Å². The van der Waals surface area contributed by atoms with Crippen LogP contribution < -0.4 is 5.32 Å². The van der Waals surface area contributed by atoms with E-state index in [0.29, 0.717) is 6.04 Å². The van der Waals surface area contributed by atoms with Crippen LogP contribution >= 0.6 is 11.6 Å². The molecule has 0 fully saturated rings. The van der Waals surface area contributed by atoms with Gasteiger partial charge < -0.3 is 5.32 Å². The third kappa shape index (κ3) is 6.23. The third-order valence-electron chi connectivity index (χ3n) is 3.04. The van der Waals surface area contributed by atoms with E-state index in [1.54, 1.807) is 0 Å². The molecular formula is C16H24ClN. The van der Waals surface area contributed by atoms with Gasteiger partial charge in [0.1, 0.15) is 0 Å². The van der Waals surface area contributed by atoms with Crippen LogP contribution in [0.1, 0.15) is 38.2 Å². The Kier molecular flexibility index (Phi) is 7.79. The van der Waals surface area contributed by atoms with E-state index in [1.807, 2.05) is 18.2 Å². The molecule has 0 aliphatic rings. The number of hydrogen-bond donors (Lipinski definition) is 1. The standard InChI is InChI=1S/C16H24ClN/c1-3-5-6-7-16(18-12-4-2)13-14-8-10-15(17)11-9-14/h3,8-11,16,18H,1,4-7,12-13H2,2H3. The molecule has 0 saturated carbocycles. The summed E-state index contributed by atoms with van der Waals surface area (Å²) in [5.41, 5.74) is 1.35. The van der Waals surface area contributed by atoms with Crippen molar-refractivity contribution in [3.8, 4) is 0 Å². The zero-order valence-electron chi connectivity index (χ0n) is 11.3. The first-order valence-electron chi connectivity index (χ1n) is 6.85. The summed E-state index contributed by atoms with van der Waals surface area (Å²) in [7, 11) is 0. The van der Waals surface area contributed by atoms with Crippen molar-refractivity contribution in [3.05, 3.63) is 47.5 Å². The van der Waals surface area contributed by atoms with Gasteiger partial charge in [-0.1, -0.05) is 36.7 Å². The van der Waals surface area contributed by atoms with E-state index in [9.17, 15) is 0 Å². The number of unbranched alkanes of at least 4 members (excludes halogenated alkanes) is 1. The van der Waals surface area contributed by atoms with Crippen molar-refractivity contribution in [3.63, 3.8) is 0 Å². The fourth-order valence-electron chi connectivity index (χ4n) is 2.04. The van der Waals surface area contributed by atoms with Crippen molar-refractivity contribution >= 4 is 11.6 Å². The molecule has 1 rings (SSSR count). The fourth-order valence-corrected chi connectivity index (χ4v) is 2.16. The van der Waals surface area contributed by atoms with Gasteiger partial charge in [0.2, 0.25) is 0 Å². The average molecular weight is 266 g/mol. The molecule has 100 valence electrons. The first-order chi connectivity index (χ1) is 8.76. The van der Waals surface area contributed by atoms with Gasteiger partial charge >= 0.3 is 0 Å². The lowest BCUT2D eigenvalue weighted by atomic mass is 10.0. The van der Waals surface area contributed by atoms with Crippen LogP contribution in [0.2, 0.25) is 5.02 Å². The predicted molar refractivity (Wildman–Crippen MR) is 81.3 cm³/mol. The van der Waals surface area contributed by atoms with E-state index < -0.39 is 0 Å². The summed E-state index contributed by atoms with van der Waals surface area (Å²) in [6.07, 6.45) is 7.77. The summed E-state index contributed by atoms with van der Waals surface area (Å²) in [4.78, 5) is 0. The minimum absolute atomic E-state index is 0.561. The van der Waals surface area contributed by atoms with Gasteiger partial charge in [0.15, 0.2) is 0 Å². The number of rotatable bonds is 9. The fraction of sp³-hybridized carbons (Fsp3) is 0.500. The monoisotopic (exact) mass is 265 g/mol. The van der Waals surface area contributed by atoms with Crippen LogP contribution in [0.25, 0.3) is 0 Å². The van der Waals surface area contributed by atoms with Gasteiger partial charge in [0.25, 0.3) is 0 Å². The van der Waals surface area contributed by atoms with Crippen LogP contribution in [-0.2, 0) is 6.42 Å². The number of nitrogens with one attached hydrogen (secondary N) is 1. The average Bonchev–Trinajstić information content (AvgIpc) is 2.38. The highest BCUT2D eigenvalue weighted by Crippen LogP contribution is 2.13. The lowest BCUT2D eigenvalue weighted by Crippen LogP contribution is -2.31. The van der Waals surface area contributed by atoms with Gasteiger partial charge in [0.05, 0.1) is 0 Å². The molecular weight excluding hydrogens is 242 g/mol. The van der Waals surface area contributed by atoms with E-state index in [1.165, 1.54) is 24.8 Å². The van der Waals surface area contributed by atoms with Crippen LogP contribution in [0, 0.1) is 0 Å². The summed E-state index contributed by atoms with van der Waals surface area (Å²) < 4.78 is 0. The van der Waals surface area contributed by atoms with E-state index in [2.05, 4.69) is 31.0 Å². The second kappa shape index (κ2) is 9.18. The number of benzene rings is 1. The molecule has 0 spiro atoms. The molecule has 0 aromatic heterocycles. The molecule has 18 heavy (non-hydrogen) atoms. The summed E-state index contributed by atoms with van der Waals surface area (Å²) in [5, 5.41) is 4.43. The first kappa shape index (κ1) is 15.3. The molecule has 2 heteroatoms. The Balaban J connectivity index is 2.47. The van der Waals surface area contributed by atoms with E-state index in [-0.39, 0.29) is 0 Å². The second-order valence-corrected chi connectivity index (χ2v) is 5.14. The van der Waals surface area contributed by atoms with Crippen LogP contribution in [-0.4, -0.2) is 12.6 Å². The molecule has 1 aromatic rings. The summed E-state index contributed by atoms with van der Waals surface area (Å²) in [6.45, 7) is 7.07. The van der Waals surface area contributed by atoms with E-state index >= 15 is 0 Å². The Labute approximate surface area is 116 Å². The van der Waals surface area contributed by atoms with E-state index in [4.69, 9.17) is 11.6 Å². The number of hydrogen-bond acceptors (Lipinski definition) is 1. The van der Waals surface area contributed by atoms with E-state index in [0.717, 1.165) is 24.4 Å². The first-order valence-corrected chi connectivity index (χ1v) is 7.22. The highest BCUT2D eigenvalue weighted by molar-refractivity contribution is 6.30. The normalized spacial score (nSPS) is 12.3. The zero-order chi connectivity index (χ0) is 13.2. The van der Waals surface area contributed by atoms with Crippen molar-refractivity contribution in [2.45, 2.75) is 45.1 Å². The van der Waals surface area contributed by atoms with Crippen molar-refractivity contribution in [2.24, 2.45) is 0 Å². The molecule has 1 atom stereocenters. The molecule has 0 radical (unpaired) electrons. The molecule has 0 saturated heterocycles. The van der Waals surface area contributed by atoms with Crippen LogP contribution in [0.4, 0.5) is 0 Å². The largest absolute Gasteiger partial charge is 0.314 e. The summed E-state index contributed by atoms with van der Waals surface area (Å²) >= 11 is 5.91. The van der Waals surface area contributed by atoms with Crippen LogP contribution in [0.3, 0.4) is 0 Å². The Morgan fingerprint density at radius 3 is 2.67 bits per heavy atom. The highest BCUT2D eigenvalue weighted by Gasteiger charge is 2.08. The Hall–Kier alpha value is -0.790. The van der Waals surface area contributed by atoms with Crippen molar-refractivity contribution in [1.29, 1.82) is 0 Å². The molecule has 0 aliphatic heterocycles. The quantitative estimate of drug-likeness (QED) is 0.508. The van der Waals surface area contributed by atoms with Gasteiger partial charge in [-0.25, -0.2) is 0 Å². The highest BCUT2D eigenvalue weighted by atomic mass is 35.5. The molecule has 1 aromatic carbocycles. The SMILES string of the molecule is C=CCCCC(Cc1ccc(Cl)cc1)NCCC. The van der Waals surface area contributed by atoms with Gasteiger partial charge in [-0.05, 0) is 56.3 Å². The lowest BCUT2D eigenvalue weighted by molar-refractivity contribution is 0.466. The molecule has 1 nitrogen and oxygen atoms in total. The molecule has 0 aliphatic carbocycles. The molecule has 1 N–H and O–H groups in total. The third-order valence-corrected chi connectivity index (χ3v) is 3.29. The maximum Gasteiger partial charge on any atom is 0.0406 e. The maximum atomic E-state index is 5.91. The molecule has 0 bridgehead atoms. The van der Waals surface area contributed by atoms with Crippen molar-refractivity contribution in [2.75, 3.05) is 6.54 Å². The van der Waals surface area contributed by atoms with Gasteiger partial charge in [-0.3, -0.25) is 0 Å². The Morgan fingerprint density at radius 1 is 1.33 bits per heavy atom. The second-order valence-electron chi connectivity index (χ2n) is 4.70. The smallest absolute Gasteiger partial charge is 0.0406 e. The van der Waals surface area contributed by atoms with Crippen LogP contribution in [0.5, 0.6) is 0 Å².